The molecule has 0 spiro atoms. The van der Waals surface area contributed by atoms with E-state index in [0.717, 1.165) is 0 Å². The number of anilines is 2. The van der Waals surface area contributed by atoms with Crippen LogP contribution >= 0.6 is 23.5 Å². The molecule has 2 fully saturated rings. The number of pyridine rings is 4. The first-order chi connectivity index (χ1) is 58.0. The highest BCUT2D eigenvalue weighted by Gasteiger charge is 2.55. The van der Waals surface area contributed by atoms with Crippen molar-refractivity contribution in [2.45, 2.75) is 135 Å². The van der Waals surface area contributed by atoms with Crippen molar-refractivity contribution in [3.63, 3.8) is 0 Å². The number of hydrogen-bond acceptors (Lipinski definition) is 26. The number of carboxylic acids is 2. The second-order valence-electron chi connectivity index (χ2n) is 29.7. The molecule has 6 aromatic rings. The zero-order valence-corrected chi connectivity index (χ0v) is 71.6. The van der Waals surface area contributed by atoms with Crippen molar-refractivity contribution in [1.82, 2.24) is 51.8 Å². The second kappa shape index (κ2) is 47.1. The Labute approximate surface area is 719 Å². The summed E-state index contributed by atoms with van der Waals surface area (Å²) < 4.78 is 85.2. The van der Waals surface area contributed by atoms with E-state index in [2.05, 4.69) is 51.8 Å². The molecule has 5 unspecified atom stereocenters. The maximum absolute atomic E-state index is 13.9. The van der Waals surface area contributed by atoms with Crippen molar-refractivity contribution in [3.8, 4) is 0 Å². The minimum absolute atomic E-state index is 0. The van der Waals surface area contributed by atoms with Gasteiger partial charge in [0.25, 0.3) is 0 Å². The lowest BCUT2D eigenvalue weighted by molar-refractivity contribution is -0.142. The van der Waals surface area contributed by atoms with Crippen molar-refractivity contribution in [1.29, 1.82) is 0 Å². The number of hydrogen-bond donors (Lipinski definition) is 8. The molecule has 38 heteroatoms. The van der Waals surface area contributed by atoms with Gasteiger partial charge in [0.05, 0.1) is 121 Å². The molecule has 2 aromatic carbocycles. The average molecular weight is 1770 g/mol. The average Bonchev–Trinajstić information content (AvgIpc) is 1.65. The van der Waals surface area contributed by atoms with Crippen molar-refractivity contribution in [2.24, 2.45) is 11.8 Å². The molecule has 122 heavy (non-hydrogen) atoms. The molecule has 8 atom stereocenters. The van der Waals surface area contributed by atoms with E-state index in [4.69, 9.17) is 28.4 Å². The molecule has 4 aliphatic rings. The summed E-state index contributed by atoms with van der Waals surface area (Å²) >= 11 is 2.68. The summed E-state index contributed by atoms with van der Waals surface area (Å²) in [6.45, 7) is 16.3. The number of rotatable bonds is 47. The Balaban J connectivity index is 0.000000303. The molecule has 34 nitrogen and oxygen atoms in total. The lowest BCUT2D eigenvalue weighted by Crippen LogP contribution is -2.51. The van der Waals surface area contributed by atoms with Crippen LogP contribution in [0.4, 0.5) is 11.4 Å². The number of carbonyl (C=O) groups excluding carboxylic acids is 8. The van der Waals surface area contributed by atoms with Crippen LogP contribution in [0, 0.1) is 11.8 Å². The third kappa shape index (κ3) is 26.8. The van der Waals surface area contributed by atoms with Gasteiger partial charge in [-0.3, -0.25) is 58.3 Å². The van der Waals surface area contributed by atoms with Gasteiger partial charge in [0, 0.05) is 123 Å². The first-order valence-corrected chi connectivity index (χ1v) is 44.9. The van der Waals surface area contributed by atoms with Crippen molar-refractivity contribution >= 4 is 114 Å². The summed E-state index contributed by atoms with van der Waals surface area (Å²) in [4.78, 5) is 149. The SMILES string of the molecule is C.CCNC(=O)CCOCCOCCNC(=O)CN1C(=O)C(c2ccc(C[C@H](NC(=O)[C@H]3C(S(=O)(=O)c4cccnc4)CSC3(C)C)C(=O)O)cc2)c2ncccc21.CCOCCOCCCNC(=O)CCOCCOCCNC(=O)CN1C(=O)C(c2ccc(C[C@H](NC(=O)C3C(S(=O)(=O)c4cccnc4)CSC3(C)C)C(=O)O)cc2)c2ncccc21. The molecule has 4 aliphatic heterocycles. The molecule has 0 aliphatic carbocycles. The molecule has 4 aromatic heterocycles. The summed E-state index contributed by atoms with van der Waals surface area (Å²) in [5.41, 5.74) is 4.20. The number of nitrogens with one attached hydrogen (secondary N) is 6. The van der Waals surface area contributed by atoms with E-state index < -0.39 is 111 Å². The number of carboxylic acid groups (broad SMARTS) is 2. The zero-order chi connectivity index (χ0) is 87.3. The molecule has 0 bridgehead atoms. The molecule has 8 amide bonds. The van der Waals surface area contributed by atoms with Gasteiger partial charge in [-0.1, -0.05) is 56.0 Å². The summed E-state index contributed by atoms with van der Waals surface area (Å²) in [6, 6.07) is 23.4. The van der Waals surface area contributed by atoms with Crippen LogP contribution in [-0.4, -0.2) is 268 Å². The smallest absolute Gasteiger partial charge is 0.326 e. The van der Waals surface area contributed by atoms with Crippen LogP contribution in [0.3, 0.4) is 0 Å². The number of benzene rings is 2. The highest BCUT2D eigenvalue weighted by atomic mass is 32.2. The lowest BCUT2D eigenvalue weighted by atomic mass is 9.90. The van der Waals surface area contributed by atoms with E-state index in [0.29, 0.717) is 104 Å². The fourth-order valence-corrected chi connectivity index (χ4v) is 22.1. The molecule has 2 saturated heterocycles. The first kappa shape index (κ1) is 97.5. The van der Waals surface area contributed by atoms with Gasteiger partial charge in [-0.2, -0.15) is 23.5 Å². The zero-order valence-electron chi connectivity index (χ0n) is 68.4. The first-order valence-electron chi connectivity index (χ1n) is 39.8. The second-order valence-corrected chi connectivity index (χ2v) is 37.3. The summed E-state index contributed by atoms with van der Waals surface area (Å²) in [7, 11) is -7.91. The van der Waals surface area contributed by atoms with Crippen LogP contribution < -0.4 is 41.7 Å². The lowest BCUT2D eigenvalue weighted by Gasteiger charge is -2.29. The summed E-state index contributed by atoms with van der Waals surface area (Å²) in [5, 5.41) is 34.3. The third-order valence-electron chi connectivity index (χ3n) is 20.5. The minimum Gasteiger partial charge on any atom is -0.480 e. The van der Waals surface area contributed by atoms with Crippen LogP contribution in [0.5, 0.6) is 0 Å². The van der Waals surface area contributed by atoms with Crippen LogP contribution in [0.15, 0.2) is 144 Å². The Morgan fingerprint density at radius 2 is 0.861 bits per heavy atom. The predicted octanol–water partition coefficient (Wildman–Crippen LogP) is 4.51. The fourth-order valence-electron chi connectivity index (χ4n) is 14.3. The van der Waals surface area contributed by atoms with E-state index >= 15 is 0 Å². The van der Waals surface area contributed by atoms with Crippen LogP contribution in [-0.2, 0) is 109 Å². The highest BCUT2D eigenvalue weighted by Crippen LogP contribution is 2.49. The van der Waals surface area contributed by atoms with Gasteiger partial charge >= 0.3 is 11.9 Å². The van der Waals surface area contributed by atoms with Crippen molar-refractivity contribution in [2.75, 3.05) is 140 Å². The maximum atomic E-state index is 13.9. The van der Waals surface area contributed by atoms with Gasteiger partial charge in [-0.05, 0) is 119 Å². The summed E-state index contributed by atoms with van der Waals surface area (Å²) in [6.07, 6.45) is 9.52. The maximum Gasteiger partial charge on any atom is 0.326 e. The van der Waals surface area contributed by atoms with Crippen molar-refractivity contribution in [3.05, 3.63) is 168 Å². The molecule has 0 saturated carbocycles. The van der Waals surface area contributed by atoms with Crippen LogP contribution in [0.1, 0.15) is 114 Å². The molecule has 0 radical (unpaired) electrons. The molecular weight excluding hydrogens is 1660 g/mol. The Bertz CT molecular complexity index is 4750. The van der Waals surface area contributed by atoms with E-state index in [1.807, 2.05) is 13.8 Å². The van der Waals surface area contributed by atoms with Crippen LogP contribution in [0.2, 0.25) is 0 Å². The van der Waals surface area contributed by atoms with Gasteiger partial charge in [-0.25, -0.2) is 26.4 Å². The summed E-state index contributed by atoms with van der Waals surface area (Å²) in [5.74, 6) is -8.97. The monoisotopic (exact) mass is 1770 g/mol. The topological polar surface area (TPSA) is 465 Å². The minimum atomic E-state index is -3.96. The van der Waals surface area contributed by atoms with Gasteiger partial charge in [0.15, 0.2) is 19.7 Å². The predicted molar refractivity (Wildman–Crippen MR) is 456 cm³/mol. The number of ether oxygens (including phenoxy) is 6. The molecule has 10 rings (SSSR count). The quantitative estimate of drug-likeness (QED) is 0.0244. The number of carbonyl (C=O) groups is 10. The van der Waals surface area contributed by atoms with Gasteiger partial charge in [-0.15, -0.1) is 0 Å². The Morgan fingerprint density at radius 1 is 0.484 bits per heavy atom. The van der Waals surface area contributed by atoms with E-state index in [-0.39, 0.29) is 144 Å². The standard InChI is InChI=1S/C44H58N6O12S2.C39H48N6O10S2.CH4/c1-4-59-22-23-60-19-7-17-46-36(51)14-20-61-24-25-62-21-18-47-37(52)28-50-34-9-6-16-48-40(34)38(42(50)54)31-12-10-30(11-13-31)26-33(43(55)56)49-41(53)39-35(29-63-44(39,2)3)64(57,58)32-8-5-15-45-27-32;1-4-41-31(46)13-17-54-19-20-55-18-16-42-32(47)23-45-29-8-6-15-43-35(29)33(37(45)49)26-11-9-25(10-12-26)21-28(38(50)51)44-36(48)34-30(24-56-39(34,2)3)57(52,53)27-7-5-14-40-22-27;/h5-6,8-13,15-16,27,33,35,38-39H,4,7,14,17-26,28-29H2,1-3H3,(H,46,51)(H,47,52)(H,49,53)(H,55,56);5-12,14-15,22,28,30,33-34H,4,13,16-21,23-24H2,1-3H3,(H,41,46)(H,42,47)(H,44,48)(H,50,51);1H4/t33-,35?,38?,39?;28-,30?,33?,34+;/m00./s1. The number of amides is 8. The third-order valence-corrected chi connectivity index (χ3v) is 28.2. The van der Waals surface area contributed by atoms with Crippen molar-refractivity contribution < 1.29 is 103 Å². The molecule has 8 heterocycles. The van der Waals surface area contributed by atoms with E-state index in [1.54, 1.807) is 113 Å². The normalized spacial score (nSPS) is 18.5. The Hall–Kier alpha value is -9.90. The van der Waals surface area contributed by atoms with Crippen LogP contribution in [0.25, 0.3) is 0 Å². The van der Waals surface area contributed by atoms with E-state index in [9.17, 15) is 75.0 Å². The van der Waals surface area contributed by atoms with Gasteiger partial charge in [0.1, 0.15) is 37.0 Å². The largest absolute Gasteiger partial charge is 0.480 e. The Kier molecular flexibility index (Phi) is 37.7. The Morgan fingerprint density at radius 3 is 1.25 bits per heavy atom. The molecule has 8 N–H and O–H groups in total. The molecular formula is C84H110N12O22S4. The number of sulfone groups is 2. The number of nitrogens with zero attached hydrogens (tertiary/aromatic N) is 6. The number of fused-ring (bicyclic) bond motifs is 2. The van der Waals surface area contributed by atoms with Gasteiger partial charge < -0.3 is 80.3 Å². The number of aromatic nitrogens is 4. The van der Waals surface area contributed by atoms with Gasteiger partial charge in [0.2, 0.25) is 47.3 Å². The number of thioether (sulfide) groups is 2. The molecule has 662 valence electrons. The van der Waals surface area contributed by atoms with E-state index in [1.165, 1.54) is 82.4 Å². The number of aliphatic carboxylic acids is 2. The fraction of sp³-hybridized carbons (Fsp3) is 0.500. The highest BCUT2D eigenvalue weighted by molar-refractivity contribution is 8.03.